The van der Waals surface area contributed by atoms with Crippen molar-refractivity contribution in [3.63, 3.8) is 0 Å². The minimum absolute atomic E-state index is 0.207. The third-order valence-corrected chi connectivity index (χ3v) is 8.55. The van der Waals surface area contributed by atoms with Crippen LogP contribution < -0.4 is 28.4 Å². The van der Waals surface area contributed by atoms with E-state index in [1.54, 1.807) is 61.5 Å². The summed E-state index contributed by atoms with van der Waals surface area (Å²) in [6, 6.07) is 29.2. The smallest absolute Gasteiger partial charge is 0.343 e. The van der Waals surface area contributed by atoms with Gasteiger partial charge >= 0.3 is 29.8 Å². The lowest BCUT2D eigenvalue weighted by atomic mass is 10.2. The summed E-state index contributed by atoms with van der Waals surface area (Å²) in [5.41, 5.74) is 1.54. The first-order chi connectivity index (χ1) is 29.6. The molecule has 0 spiro atoms. The summed E-state index contributed by atoms with van der Waals surface area (Å²) in [6.45, 7) is 6.89. The van der Waals surface area contributed by atoms with Crippen molar-refractivity contribution >= 4 is 36.3 Å². The molecule has 0 bridgehead atoms. The van der Waals surface area contributed by atoms with Crippen LogP contribution >= 0.6 is 0 Å². The molecule has 0 saturated heterocycles. The van der Waals surface area contributed by atoms with E-state index in [2.05, 4.69) is 11.3 Å². The van der Waals surface area contributed by atoms with E-state index in [0.29, 0.717) is 80.2 Å². The zero-order valence-electron chi connectivity index (χ0n) is 33.2. The summed E-state index contributed by atoms with van der Waals surface area (Å²) < 4.78 is 42.8. The molecule has 0 saturated carbocycles. The molecule has 14 nitrogen and oxygen atoms in total. The maximum Gasteiger partial charge on any atom is 0.343 e. The summed E-state index contributed by atoms with van der Waals surface area (Å²) in [4.78, 5) is 72.4. The van der Waals surface area contributed by atoms with Crippen molar-refractivity contribution in [2.24, 2.45) is 0 Å². The van der Waals surface area contributed by atoms with Crippen LogP contribution in [0.25, 0.3) is 0 Å². The van der Waals surface area contributed by atoms with Gasteiger partial charge < -0.3 is 37.9 Å². The predicted octanol–water partition coefficient (Wildman–Crippen LogP) is 8.09. The maximum absolute atomic E-state index is 12.9. The maximum atomic E-state index is 12.9. The summed E-state index contributed by atoms with van der Waals surface area (Å²) in [5.74, 6) is -0.922. The minimum atomic E-state index is -0.658. The SMILES string of the molecule is C=CC(=O)OCCCCOc1ccc(C(=O)Oc2ccc(C(=O)Oc3ccc(OC(=O)c4ccc(OC(=O)c5ccc(OCCCCOC=O)cc5)cc4)cc3C)cc2)cc1. The fourth-order valence-corrected chi connectivity index (χ4v) is 5.30. The van der Waals surface area contributed by atoms with E-state index < -0.39 is 29.8 Å². The van der Waals surface area contributed by atoms with Crippen LogP contribution in [0.2, 0.25) is 0 Å². The number of ether oxygens (including phenoxy) is 8. The highest BCUT2D eigenvalue weighted by molar-refractivity contribution is 5.94. The molecule has 14 heteroatoms. The first kappa shape index (κ1) is 44.4. The van der Waals surface area contributed by atoms with E-state index in [9.17, 15) is 28.8 Å². The van der Waals surface area contributed by atoms with Crippen molar-refractivity contribution in [2.45, 2.75) is 32.6 Å². The number of carbonyl (C=O) groups excluding carboxylic acids is 6. The summed E-state index contributed by atoms with van der Waals surface area (Å²) in [6.07, 6.45) is 3.79. The highest BCUT2D eigenvalue weighted by Crippen LogP contribution is 2.26. The van der Waals surface area contributed by atoms with E-state index in [1.165, 1.54) is 60.7 Å². The summed E-state index contributed by atoms with van der Waals surface area (Å²) in [5, 5.41) is 0. The molecule has 0 aliphatic rings. The lowest BCUT2D eigenvalue weighted by molar-refractivity contribution is -0.138. The molecular formula is C47H42O14. The third kappa shape index (κ3) is 14.2. The number of unbranched alkanes of at least 4 members (excludes halogenated alkanes) is 2. The predicted molar refractivity (Wildman–Crippen MR) is 219 cm³/mol. The Bertz CT molecular complexity index is 2280. The van der Waals surface area contributed by atoms with E-state index in [4.69, 9.17) is 33.2 Å². The molecule has 0 atom stereocenters. The van der Waals surface area contributed by atoms with E-state index in [0.717, 1.165) is 6.08 Å². The highest BCUT2D eigenvalue weighted by Gasteiger charge is 2.16. The van der Waals surface area contributed by atoms with Crippen LogP contribution in [0.5, 0.6) is 34.5 Å². The molecule has 0 unspecified atom stereocenters. The van der Waals surface area contributed by atoms with Crippen molar-refractivity contribution in [3.05, 3.63) is 156 Å². The number of carbonyl (C=O) groups is 6. The van der Waals surface area contributed by atoms with Crippen LogP contribution in [0.4, 0.5) is 0 Å². The average molecular weight is 831 g/mol. The number of rotatable bonds is 22. The Balaban J connectivity index is 1.04. The second-order valence-corrected chi connectivity index (χ2v) is 13.0. The molecule has 5 rings (SSSR count). The van der Waals surface area contributed by atoms with Crippen LogP contribution in [0, 0.1) is 6.92 Å². The molecule has 5 aromatic rings. The Labute approximate surface area is 351 Å². The Morgan fingerprint density at radius 2 is 0.852 bits per heavy atom. The van der Waals surface area contributed by atoms with Crippen molar-refractivity contribution in [3.8, 4) is 34.5 Å². The minimum Gasteiger partial charge on any atom is -0.494 e. The quantitative estimate of drug-likeness (QED) is 0.0215. The monoisotopic (exact) mass is 830 g/mol. The molecule has 0 aliphatic carbocycles. The molecule has 0 aromatic heterocycles. The van der Waals surface area contributed by atoms with E-state index in [1.807, 2.05) is 0 Å². The van der Waals surface area contributed by atoms with Crippen LogP contribution in [0.1, 0.15) is 72.7 Å². The van der Waals surface area contributed by atoms with Crippen molar-refractivity contribution < 1.29 is 66.7 Å². The molecule has 0 fully saturated rings. The Morgan fingerprint density at radius 1 is 0.475 bits per heavy atom. The number of benzene rings is 5. The molecule has 5 aromatic carbocycles. The molecule has 314 valence electrons. The van der Waals surface area contributed by atoms with Gasteiger partial charge in [-0.3, -0.25) is 4.79 Å². The van der Waals surface area contributed by atoms with Crippen molar-refractivity contribution in [1.29, 1.82) is 0 Å². The van der Waals surface area contributed by atoms with Gasteiger partial charge in [0.2, 0.25) is 0 Å². The van der Waals surface area contributed by atoms with Gasteiger partial charge in [-0.25, -0.2) is 24.0 Å². The molecule has 0 amide bonds. The second-order valence-electron chi connectivity index (χ2n) is 13.0. The van der Waals surface area contributed by atoms with Gasteiger partial charge in [0.25, 0.3) is 6.47 Å². The average Bonchev–Trinajstić information content (AvgIpc) is 3.27. The number of aryl methyl sites for hydroxylation is 1. The van der Waals surface area contributed by atoms with Crippen LogP contribution in [0.15, 0.2) is 128 Å². The van der Waals surface area contributed by atoms with Crippen molar-refractivity contribution in [2.75, 3.05) is 26.4 Å². The Kier molecular flexibility index (Phi) is 16.7. The molecule has 61 heavy (non-hydrogen) atoms. The molecule has 0 heterocycles. The van der Waals surface area contributed by atoms with Crippen LogP contribution in [-0.4, -0.2) is 62.7 Å². The Hall–Kier alpha value is -7.74. The second kappa shape index (κ2) is 23.0. The fourth-order valence-electron chi connectivity index (χ4n) is 5.30. The Morgan fingerprint density at radius 3 is 1.28 bits per heavy atom. The topological polar surface area (TPSA) is 176 Å². The normalized spacial score (nSPS) is 10.4. The van der Waals surface area contributed by atoms with E-state index in [-0.39, 0.29) is 40.7 Å². The summed E-state index contributed by atoms with van der Waals surface area (Å²) >= 11 is 0. The zero-order chi connectivity index (χ0) is 43.4. The van der Waals surface area contributed by atoms with Gasteiger partial charge in [0.05, 0.1) is 48.7 Å². The molecule has 0 N–H and O–H groups in total. The third-order valence-electron chi connectivity index (χ3n) is 8.55. The number of hydrogen-bond donors (Lipinski definition) is 0. The molecule has 0 aliphatic heterocycles. The molecule has 0 radical (unpaired) electrons. The van der Waals surface area contributed by atoms with Gasteiger partial charge in [0.15, 0.2) is 0 Å². The standard InChI is InChI=1S/C47H42O14/c1-3-43(49)57-29-7-6-28-56-38-18-10-34(11-19-38)45(51)59-40-22-14-36(15-23-40)47(53)61-42-25-24-41(30-32(42)2)60-46(52)35-12-20-39(21-13-35)58-44(50)33-8-16-37(17-9-33)55-27-5-4-26-54-31-48/h3,8-25,30-31H,1,4-7,26-29H2,2H3. The first-order valence-corrected chi connectivity index (χ1v) is 19.1. The largest absolute Gasteiger partial charge is 0.494 e. The van der Waals surface area contributed by atoms with Crippen molar-refractivity contribution in [1.82, 2.24) is 0 Å². The summed E-state index contributed by atoms with van der Waals surface area (Å²) in [7, 11) is 0. The van der Waals surface area contributed by atoms with Gasteiger partial charge in [-0.2, -0.15) is 0 Å². The first-order valence-electron chi connectivity index (χ1n) is 19.1. The lowest BCUT2D eigenvalue weighted by Crippen LogP contribution is -2.11. The zero-order valence-corrected chi connectivity index (χ0v) is 33.2. The van der Waals surface area contributed by atoms with Gasteiger partial charge in [-0.15, -0.1) is 0 Å². The number of esters is 5. The molecular weight excluding hydrogens is 789 g/mol. The van der Waals surface area contributed by atoms with Gasteiger partial charge in [-0.1, -0.05) is 6.58 Å². The van der Waals surface area contributed by atoms with Crippen LogP contribution in [-0.2, 0) is 19.1 Å². The number of hydrogen-bond acceptors (Lipinski definition) is 14. The van der Waals surface area contributed by atoms with Gasteiger partial charge in [-0.05, 0) is 153 Å². The van der Waals surface area contributed by atoms with E-state index >= 15 is 0 Å². The van der Waals surface area contributed by atoms with Gasteiger partial charge in [0, 0.05) is 6.08 Å². The van der Waals surface area contributed by atoms with Crippen LogP contribution in [0.3, 0.4) is 0 Å². The fraction of sp³-hybridized carbons (Fsp3) is 0.191. The van der Waals surface area contributed by atoms with Gasteiger partial charge in [0.1, 0.15) is 34.5 Å². The lowest BCUT2D eigenvalue weighted by Gasteiger charge is -2.11. The highest BCUT2D eigenvalue weighted by atomic mass is 16.6.